The van der Waals surface area contributed by atoms with Crippen LogP contribution in [-0.4, -0.2) is 44.6 Å². The Balaban J connectivity index is 1.68. The summed E-state index contributed by atoms with van der Waals surface area (Å²) in [6.45, 7) is 2.94. The van der Waals surface area contributed by atoms with Gasteiger partial charge in [0.1, 0.15) is 0 Å². The summed E-state index contributed by atoms with van der Waals surface area (Å²) >= 11 is 1.40. The van der Waals surface area contributed by atoms with E-state index in [1.165, 1.54) is 11.8 Å². The molecule has 138 valence electrons. The second kappa shape index (κ2) is 8.65. The van der Waals surface area contributed by atoms with Crippen LogP contribution in [0.2, 0.25) is 0 Å². The maximum Gasteiger partial charge on any atom is 0.277 e. The van der Waals surface area contributed by atoms with Crippen molar-refractivity contribution in [2.75, 3.05) is 14.2 Å². The van der Waals surface area contributed by atoms with Crippen LogP contribution in [-0.2, 0) is 12.3 Å². The van der Waals surface area contributed by atoms with Gasteiger partial charge in [0, 0.05) is 12.1 Å². The molecule has 2 aromatic heterocycles. The smallest absolute Gasteiger partial charge is 0.277 e. The second-order valence-corrected chi connectivity index (χ2v) is 6.33. The van der Waals surface area contributed by atoms with Crippen LogP contribution in [0.3, 0.4) is 0 Å². The molecule has 0 aliphatic carbocycles. The van der Waals surface area contributed by atoms with Crippen LogP contribution in [0.1, 0.15) is 25.6 Å². The molecule has 3 rings (SSSR count). The number of hydrogen-bond acceptors (Lipinski definition) is 9. The first-order valence-electron chi connectivity index (χ1n) is 8.19. The van der Waals surface area contributed by atoms with Crippen molar-refractivity contribution in [1.29, 1.82) is 0 Å². The number of nitrogens with zero attached hydrogens (tertiary/aromatic N) is 6. The van der Waals surface area contributed by atoms with Crippen LogP contribution in [0.4, 0.5) is 0 Å². The maximum atomic E-state index is 5.73. The monoisotopic (exact) mass is 376 g/mol. The molecule has 10 heteroatoms. The first-order valence-corrected chi connectivity index (χ1v) is 9.17. The minimum absolute atomic E-state index is 0.416. The highest BCUT2D eigenvalue weighted by atomic mass is 32.2. The van der Waals surface area contributed by atoms with Crippen LogP contribution in [0, 0.1) is 0 Å². The topological polar surface area (TPSA) is 101 Å². The number of unbranched alkanes of at least 4 members (excludes halogenated alkanes) is 1. The summed E-state index contributed by atoms with van der Waals surface area (Å²) < 4.78 is 18.1. The number of ether oxygens (including phenoxy) is 2. The predicted molar refractivity (Wildman–Crippen MR) is 95.1 cm³/mol. The lowest BCUT2D eigenvalue weighted by Crippen LogP contribution is -2.04. The molecule has 26 heavy (non-hydrogen) atoms. The Labute approximate surface area is 155 Å². The van der Waals surface area contributed by atoms with Gasteiger partial charge in [0.25, 0.3) is 5.22 Å². The van der Waals surface area contributed by atoms with Crippen LogP contribution in [0.15, 0.2) is 27.8 Å². The molecule has 0 unspecified atom stereocenters. The fourth-order valence-corrected chi connectivity index (χ4v) is 2.98. The third-order valence-electron chi connectivity index (χ3n) is 3.69. The van der Waals surface area contributed by atoms with Crippen LogP contribution in [0.25, 0.3) is 11.5 Å². The van der Waals surface area contributed by atoms with Gasteiger partial charge in [-0.25, -0.2) is 4.68 Å². The fraction of sp³-hybridized carbons (Fsp3) is 0.438. The molecule has 0 atom stereocenters. The lowest BCUT2D eigenvalue weighted by Gasteiger charge is -2.07. The number of thioether (sulfide) groups is 1. The molecule has 0 N–H and O–H groups in total. The molecule has 9 nitrogen and oxygen atoms in total. The van der Waals surface area contributed by atoms with Gasteiger partial charge in [0.2, 0.25) is 5.89 Å². The van der Waals surface area contributed by atoms with Crippen molar-refractivity contribution in [3.63, 3.8) is 0 Å². The van der Waals surface area contributed by atoms with E-state index in [0.29, 0.717) is 28.4 Å². The molecule has 0 aliphatic rings. The molecule has 0 saturated carbocycles. The zero-order valence-corrected chi connectivity index (χ0v) is 15.7. The van der Waals surface area contributed by atoms with Gasteiger partial charge in [-0.1, -0.05) is 25.1 Å². The van der Waals surface area contributed by atoms with E-state index in [1.807, 2.05) is 10.7 Å². The molecule has 0 aliphatic heterocycles. The first-order chi connectivity index (χ1) is 12.7. The van der Waals surface area contributed by atoms with E-state index >= 15 is 0 Å². The Bertz CT molecular complexity index is 850. The van der Waals surface area contributed by atoms with Crippen LogP contribution >= 0.6 is 11.8 Å². The Kier molecular flexibility index (Phi) is 6.05. The van der Waals surface area contributed by atoms with E-state index in [9.17, 15) is 0 Å². The Morgan fingerprint density at radius 1 is 1.12 bits per heavy atom. The average molecular weight is 376 g/mol. The van der Waals surface area contributed by atoms with E-state index < -0.39 is 0 Å². The minimum atomic E-state index is 0.416. The maximum absolute atomic E-state index is 5.73. The largest absolute Gasteiger partial charge is 0.493 e. The summed E-state index contributed by atoms with van der Waals surface area (Å²) in [6.07, 6.45) is 2.12. The summed E-state index contributed by atoms with van der Waals surface area (Å²) in [7, 11) is 3.17. The number of rotatable bonds is 9. The molecule has 3 aromatic rings. The number of tetrazole rings is 1. The molecule has 0 saturated heterocycles. The molecule has 0 spiro atoms. The summed E-state index contributed by atoms with van der Waals surface area (Å²) in [6, 6.07) is 5.44. The zero-order chi connectivity index (χ0) is 18.4. The Morgan fingerprint density at radius 3 is 2.73 bits per heavy atom. The van der Waals surface area contributed by atoms with E-state index in [1.54, 1.807) is 26.4 Å². The highest BCUT2D eigenvalue weighted by Crippen LogP contribution is 2.32. The van der Waals surface area contributed by atoms with Crippen LogP contribution < -0.4 is 9.47 Å². The number of methoxy groups -OCH3 is 2. The Morgan fingerprint density at radius 2 is 1.96 bits per heavy atom. The lowest BCUT2D eigenvalue weighted by molar-refractivity contribution is 0.355. The van der Waals surface area contributed by atoms with Crippen molar-refractivity contribution < 1.29 is 13.9 Å². The average Bonchev–Trinajstić information content (AvgIpc) is 3.33. The van der Waals surface area contributed by atoms with Crippen molar-refractivity contribution in [2.24, 2.45) is 0 Å². The first kappa shape index (κ1) is 18.2. The van der Waals surface area contributed by atoms with Crippen molar-refractivity contribution in [3.8, 4) is 23.0 Å². The third-order valence-corrected chi connectivity index (χ3v) is 4.51. The van der Waals surface area contributed by atoms with E-state index in [-0.39, 0.29) is 0 Å². The SMILES string of the molecule is CCCCn1nnnc1CSc1nnc(-c2ccc(OC)c(OC)c2)o1. The normalized spacial score (nSPS) is 10.9. The molecular formula is C16H20N6O3S. The van der Waals surface area contributed by atoms with Gasteiger partial charge in [-0.2, -0.15) is 0 Å². The second-order valence-electron chi connectivity index (χ2n) is 5.40. The van der Waals surface area contributed by atoms with Crippen molar-refractivity contribution in [3.05, 3.63) is 24.0 Å². The standard InChI is InChI=1S/C16H20N6O3S/c1-4-5-8-22-14(17-20-21-22)10-26-16-19-18-15(25-16)11-6-7-12(23-2)13(9-11)24-3/h6-7,9H,4-5,8,10H2,1-3H3. The molecule has 0 fully saturated rings. The van der Waals surface area contributed by atoms with Gasteiger partial charge in [-0.05, 0) is 35.0 Å². The van der Waals surface area contributed by atoms with Gasteiger partial charge in [0.15, 0.2) is 17.3 Å². The van der Waals surface area contributed by atoms with Gasteiger partial charge in [0.05, 0.1) is 20.0 Å². The minimum Gasteiger partial charge on any atom is -0.493 e. The summed E-state index contributed by atoms with van der Waals surface area (Å²) in [5.41, 5.74) is 0.759. The molecule has 0 bridgehead atoms. The highest BCUT2D eigenvalue weighted by Gasteiger charge is 2.14. The molecule has 2 heterocycles. The van der Waals surface area contributed by atoms with Crippen molar-refractivity contribution >= 4 is 11.8 Å². The Hall–Kier alpha value is -2.62. The van der Waals surface area contributed by atoms with E-state index in [0.717, 1.165) is 30.8 Å². The molecule has 1 aromatic carbocycles. The van der Waals surface area contributed by atoms with Crippen molar-refractivity contribution in [2.45, 2.75) is 37.3 Å². The summed E-state index contributed by atoms with van der Waals surface area (Å²) in [5, 5.41) is 20.4. The number of aromatic nitrogens is 6. The van der Waals surface area contributed by atoms with Gasteiger partial charge >= 0.3 is 0 Å². The number of benzene rings is 1. The predicted octanol–water partition coefficient (Wildman–Crippen LogP) is 2.83. The fourth-order valence-electron chi connectivity index (χ4n) is 2.29. The third kappa shape index (κ3) is 4.13. The lowest BCUT2D eigenvalue weighted by atomic mass is 10.2. The summed E-state index contributed by atoms with van der Waals surface area (Å²) in [4.78, 5) is 0. The van der Waals surface area contributed by atoms with Crippen molar-refractivity contribution in [1.82, 2.24) is 30.4 Å². The van der Waals surface area contributed by atoms with Crippen LogP contribution in [0.5, 0.6) is 11.5 Å². The number of hydrogen-bond donors (Lipinski definition) is 0. The number of aryl methyl sites for hydroxylation is 1. The van der Waals surface area contributed by atoms with Gasteiger partial charge in [-0.3, -0.25) is 0 Å². The van der Waals surface area contributed by atoms with E-state index in [4.69, 9.17) is 13.9 Å². The summed E-state index contributed by atoms with van der Waals surface area (Å²) in [5.74, 6) is 3.01. The molecule has 0 radical (unpaired) electrons. The highest BCUT2D eigenvalue weighted by molar-refractivity contribution is 7.98. The van der Waals surface area contributed by atoms with Gasteiger partial charge in [-0.15, -0.1) is 15.3 Å². The molecular weight excluding hydrogens is 356 g/mol. The van der Waals surface area contributed by atoms with Gasteiger partial charge < -0.3 is 13.9 Å². The quantitative estimate of drug-likeness (QED) is 0.522. The molecule has 0 amide bonds. The zero-order valence-electron chi connectivity index (χ0n) is 14.9. The van der Waals surface area contributed by atoms with E-state index in [2.05, 4.69) is 32.6 Å².